The number of fused-ring (bicyclic) bond motifs is 1. The number of carbonyl (C=O) groups excluding carboxylic acids is 1. The second-order valence-corrected chi connectivity index (χ2v) is 6.76. The highest BCUT2D eigenvalue weighted by Gasteiger charge is 2.18. The van der Waals surface area contributed by atoms with E-state index in [4.69, 9.17) is 16.3 Å². The Kier molecular flexibility index (Phi) is 4.61. The van der Waals surface area contributed by atoms with Crippen LogP contribution in [-0.2, 0) is 4.74 Å². The number of amides is 1. The predicted molar refractivity (Wildman–Crippen MR) is 99.9 cm³/mol. The van der Waals surface area contributed by atoms with Crippen LogP contribution in [0.1, 0.15) is 29.0 Å². The minimum atomic E-state index is -0.145. The molecule has 1 aliphatic heterocycles. The van der Waals surface area contributed by atoms with Gasteiger partial charge < -0.3 is 10.1 Å². The molecule has 1 N–H and O–H groups in total. The zero-order chi connectivity index (χ0) is 18.1. The van der Waals surface area contributed by atoms with Crippen molar-refractivity contribution in [3.8, 4) is 5.69 Å². The number of ether oxygens (including phenoxy) is 1. The van der Waals surface area contributed by atoms with Crippen molar-refractivity contribution in [1.29, 1.82) is 0 Å². The molecule has 1 unspecified atom stereocenters. The molecule has 7 heteroatoms. The molecule has 1 aromatic carbocycles. The van der Waals surface area contributed by atoms with Gasteiger partial charge in [-0.1, -0.05) is 11.6 Å². The first-order valence-electron chi connectivity index (χ1n) is 8.63. The van der Waals surface area contributed by atoms with Crippen LogP contribution in [0.5, 0.6) is 0 Å². The lowest BCUT2D eigenvalue weighted by molar-refractivity contribution is 0.0858. The number of pyridine rings is 1. The fourth-order valence-electron chi connectivity index (χ4n) is 3.25. The van der Waals surface area contributed by atoms with Crippen molar-refractivity contribution in [2.45, 2.75) is 25.9 Å². The van der Waals surface area contributed by atoms with Crippen molar-refractivity contribution in [2.24, 2.45) is 0 Å². The molecule has 2 aromatic heterocycles. The molecule has 1 amide bonds. The van der Waals surface area contributed by atoms with Crippen molar-refractivity contribution in [3.05, 3.63) is 52.9 Å². The van der Waals surface area contributed by atoms with Crippen LogP contribution in [-0.4, -0.2) is 39.7 Å². The summed E-state index contributed by atoms with van der Waals surface area (Å²) in [6.07, 6.45) is 3.85. The Hall–Kier alpha value is -2.44. The molecule has 1 saturated heterocycles. The van der Waals surface area contributed by atoms with Crippen LogP contribution in [0.3, 0.4) is 0 Å². The van der Waals surface area contributed by atoms with Crippen LogP contribution in [0.15, 0.2) is 36.5 Å². The average molecular weight is 371 g/mol. The highest BCUT2D eigenvalue weighted by molar-refractivity contribution is 6.32. The largest absolute Gasteiger partial charge is 0.376 e. The molecule has 3 heterocycles. The third-order valence-corrected chi connectivity index (χ3v) is 4.87. The first kappa shape index (κ1) is 17.0. The number of benzene rings is 1. The third kappa shape index (κ3) is 3.18. The van der Waals surface area contributed by atoms with Gasteiger partial charge in [0.05, 0.1) is 16.8 Å². The van der Waals surface area contributed by atoms with Crippen LogP contribution in [0.2, 0.25) is 5.02 Å². The Balaban J connectivity index is 1.65. The average Bonchev–Trinajstić information content (AvgIpc) is 3.27. The molecule has 4 rings (SSSR count). The second kappa shape index (κ2) is 7.05. The van der Waals surface area contributed by atoms with E-state index in [9.17, 15) is 4.79 Å². The number of nitrogens with one attached hydrogen (secondary N) is 1. The normalized spacial score (nSPS) is 16.9. The summed E-state index contributed by atoms with van der Waals surface area (Å²) in [5.41, 5.74) is 2.73. The summed E-state index contributed by atoms with van der Waals surface area (Å²) in [4.78, 5) is 21.5. The van der Waals surface area contributed by atoms with Crippen molar-refractivity contribution < 1.29 is 9.53 Å². The quantitative estimate of drug-likeness (QED) is 0.765. The Bertz CT molecular complexity index is 963. The van der Waals surface area contributed by atoms with E-state index in [0.29, 0.717) is 28.5 Å². The summed E-state index contributed by atoms with van der Waals surface area (Å²) in [5, 5.41) is 3.47. The van der Waals surface area contributed by atoms with Gasteiger partial charge in [0.2, 0.25) is 0 Å². The number of hydrogen-bond acceptors (Lipinski definition) is 4. The van der Waals surface area contributed by atoms with Gasteiger partial charge in [-0.15, -0.1) is 0 Å². The first-order valence-corrected chi connectivity index (χ1v) is 9.01. The van der Waals surface area contributed by atoms with Gasteiger partial charge in [0.1, 0.15) is 11.3 Å². The van der Waals surface area contributed by atoms with E-state index in [1.165, 1.54) is 0 Å². The summed E-state index contributed by atoms with van der Waals surface area (Å²) in [6, 6.07) is 8.97. The van der Waals surface area contributed by atoms with Crippen LogP contribution >= 0.6 is 11.6 Å². The van der Waals surface area contributed by atoms with Crippen molar-refractivity contribution in [2.75, 3.05) is 13.2 Å². The van der Waals surface area contributed by atoms with Crippen molar-refractivity contribution >= 4 is 28.7 Å². The van der Waals surface area contributed by atoms with E-state index in [1.54, 1.807) is 24.4 Å². The number of halogens is 1. The maximum absolute atomic E-state index is 12.5. The number of aromatic nitrogens is 3. The van der Waals surface area contributed by atoms with Crippen LogP contribution in [0.25, 0.3) is 16.9 Å². The number of hydrogen-bond donors (Lipinski definition) is 1. The minimum absolute atomic E-state index is 0.106. The van der Waals surface area contributed by atoms with Gasteiger partial charge >= 0.3 is 0 Å². The minimum Gasteiger partial charge on any atom is -0.376 e. The SMILES string of the molecule is Cc1nc2cccnc2n1-c1cc(C(=O)NCC2CCCO2)ccc1Cl. The monoisotopic (exact) mass is 370 g/mol. The highest BCUT2D eigenvalue weighted by atomic mass is 35.5. The van der Waals surface area contributed by atoms with Crippen LogP contribution in [0, 0.1) is 6.92 Å². The summed E-state index contributed by atoms with van der Waals surface area (Å²) < 4.78 is 7.42. The molecule has 1 fully saturated rings. The molecule has 0 spiro atoms. The van der Waals surface area contributed by atoms with Crippen molar-refractivity contribution in [1.82, 2.24) is 19.9 Å². The van der Waals surface area contributed by atoms with Crippen molar-refractivity contribution in [3.63, 3.8) is 0 Å². The predicted octanol–water partition coefficient (Wildman–Crippen LogP) is 3.29. The summed E-state index contributed by atoms with van der Waals surface area (Å²) in [7, 11) is 0. The standard InChI is InChI=1S/C19H19ClN4O2/c1-12-23-16-5-2-8-21-18(16)24(12)17-10-13(6-7-15(17)20)19(25)22-11-14-4-3-9-26-14/h2,5-8,10,14H,3-4,9,11H2,1H3,(H,22,25). The molecule has 0 saturated carbocycles. The van der Waals surface area contributed by atoms with Gasteiger partial charge in [0.15, 0.2) is 5.65 Å². The van der Waals surface area contributed by atoms with E-state index < -0.39 is 0 Å². The number of imidazole rings is 1. The Morgan fingerprint density at radius 3 is 3.12 bits per heavy atom. The van der Waals surface area contributed by atoms with E-state index in [-0.39, 0.29) is 12.0 Å². The molecular formula is C19H19ClN4O2. The van der Waals surface area contributed by atoms with E-state index in [2.05, 4.69) is 15.3 Å². The van der Waals surface area contributed by atoms with Crippen LogP contribution < -0.4 is 5.32 Å². The van der Waals surface area contributed by atoms with Crippen LogP contribution in [0.4, 0.5) is 0 Å². The highest BCUT2D eigenvalue weighted by Crippen LogP contribution is 2.27. The Morgan fingerprint density at radius 1 is 1.42 bits per heavy atom. The molecule has 1 atom stereocenters. The molecule has 0 bridgehead atoms. The molecule has 1 aliphatic rings. The van der Waals surface area contributed by atoms with Gasteiger partial charge in [-0.3, -0.25) is 9.36 Å². The summed E-state index contributed by atoms with van der Waals surface area (Å²) in [5.74, 6) is 0.617. The number of rotatable bonds is 4. The fourth-order valence-corrected chi connectivity index (χ4v) is 3.46. The maximum Gasteiger partial charge on any atom is 0.251 e. The maximum atomic E-state index is 12.5. The molecule has 134 valence electrons. The van der Waals surface area contributed by atoms with E-state index in [0.717, 1.165) is 30.8 Å². The van der Waals surface area contributed by atoms with Gasteiger partial charge in [-0.05, 0) is 50.1 Å². The Morgan fingerprint density at radius 2 is 2.31 bits per heavy atom. The lowest BCUT2D eigenvalue weighted by Crippen LogP contribution is -2.31. The smallest absolute Gasteiger partial charge is 0.251 e. The lowest BCUT2D eigenvalue weighted by Gasteiger charge is -2.13. The second-order valence-electron chi connectivity index (χ2n) is 6.35. The molecule has 3 aromatic rings. The zero-order valence-electron chi connectivity index (χ0n) is 14.4. The molecule has 6 nitrogen and oxygen atoms in total. The molecule has 0 aliphatic carbocycles. The zero-order valence-corrected chi connectivity index (χ0v) is 15.2. The number of nitrogens with zero attached hydrogens (tertiary/aromatic N) is 3. The fraction of sp³-hybridized carbons (Fsp3) is 0.316. The Labute approximate surface area is 156 Å². The molecule has 0 radical (unpaired) electrons. The van der Waals surface area contributed by atoms with E-state index >= 15 is 0 Å². The van der Waals surface area contributed by atoms with Gasteiger partial charge in [0.25, 0.3) is 5.91 Å². The number of aryl methyl sites for hydroxylation is 1. The lowest BCUT2D eigenvalue weighted by atomic mass is 10.1. The number of carbonyl (C=O) groups is 1. The van der Waals surface area contributed by atoms with Gasteiger partial charge in [-0.2, -0.15) is 0 Å². The van der Waals surface area contributed by atoms with Gasteiger partial charge in [-0.25, -0.2) is 9.97 Å². The van der Waals surface area contributed by atoms with Gasteiger partial charge in [0, 0.05) is 24.9 Å². The molecular weight excluding hydrogens is 352 g/mol. The summed E-state index contributed by atoms with van der Waals surface area (Å²) in [6.45, 7) is 3.18. The topological polar surface area (TPSA) is 69.0 Å². The first-order chi connectivity index (χ1) is 12.6. The van der Waals surface area contributed by atoms with E-state index in [1.807, 2.05) is 23.6 Å². The molecule has 26 heavy (non-hydrogen) atoms. The summed E-state index contributed by atoms with van der Waals surface area (Å²) >= 11 is 6.42. The third-order valence-electron chi connectivity index (χ3n) is 4.55.